The number of aliphatic carboxylic acids is 1. The maximum absolute atomic E-state index is 12.4. The van der Waals surface area contributed by atoms with Gasteiger partial charge in [0.15, 0.2) is 5.82 Å². The van der Waals surface area contributed by atoms with E-state index in [4.69, 9.17) is 5.11 Å². The van der Waals surface area contributed by atoms with E-state index in [1.165, 1.54) is 10.9 Å². The van der Waals surface area contributed by atoms with Crippen molar-refractivity contribution in [3.8, 4) is 0 Å². The first-order chi connectivity index (χ1) is 10.9. The fourth-order valence-corrected chi connectivity index (χ4v) is 2.32. The van der Waals surface area contributed by atoms with Crippen molar-refractivity contribution < 1.29 is 14.7 Å². The van der Waals surface area contributed by atoms with E-state index in [9.17, 15) is 9.59 Å². The van der Waals surface area contributed by atoms with Crippen LogP contribution in [0.1, 0.15) is 36.8 Å². The summed E-state index contributed by atoms with van der Waals surface area (Å²) in [5, 5.41) is 19.7. The Morgan fingerprint density at radius 1 is 1.39 bits per heavy atom. The fraction of sp³-hybridized carbons (Fsp3) is 0.467. The summed E-state index contributed by atoms with van der Waals surface area (Å²) in [7, 11) is 0. The van der Waals surface area contributed by atoms with Crippen LogP contribution in [0.5, 0.6) is 0 Å². The maximum atomic E-state index is 12.4. The summed E-state index contributed by atoms with van der Waals surface area (Å²) in [5.41, 5.74) is 1.39. The molecule has 0 aliphatic rings. The molecule has 0 atom stereocenters. The highest BCUT2D eigenvalue weighted by molar-refractivity contribution is 6.04. The number of aromatic nitrogens is 4. The molecule has 0 aliphatic carbocycles. The molecule has 0 saturated heterocycles. The van der Waals surface area contributed by atoms with Crippen LogP contribution in [0, 0.1) is 5.92 Å². The van der Waals surface area contributed by atoms with Crippen molar-refractivity contribution in [3.05, 3.63) is 29.7 Å². The number of carboxylic acids is 1. The van der Waals surface area contributed by atoms with E-state index >= 15 is 0 Å². The van der Waals surface area contributed by atoms with E-state index in [0.29, 0.717) is 23.7 Å². The van der Waals surface area contributed by atoms with E-state index in [0.717, 1.165) is 12.2 Å². The molecular formula is C15H21N5O3. The Bertz CT molecular complexity index is 702. The first-order valence-corrected chi connectivity index (χ1v) is 7.52. The Labute approximate surface area is 134 Å². The highest BCUT2D eigenvalue weighted by atomic mass is 16.4. The second-order valence-corrected chi connectivity index (χ2v) is 5.68. The van der Waals surface area contributed by atoms with Gasteiger partial charge in [0.25, 0.3) is 5.91 Å². The van der Waals surface area contributed by atoms with E-state index in [2.05, 4.69) is 29.4 Å². The lowest BCUT2D eigenvalue weighted by Gasteiger charge is -2.09. The molecule has 8 nitrogen and oxygen atoms in total. The van der Waals surface area contributed by atoms with Gasteiger partial charge in [-0.05, 0) is 12.3 Å². The molecule has 0 bridgehead atoms. The molecule has 0 fully saturated rings. The first kappa shape index (κ1) is 16.7. The van der Waals surface area contributed by atoms with Gasteiger partial charge >= 0.3 is 5.97 Å². The van der Waals surface area contributed by atoms with Crippen molar-refractivity contribution in [1.29, 1.82) is 0 Å². The van der Waals surface area contributed by atoms with Gasteiger partial charge in [-0.1, -0.05) is 20.8 Å². The standard InChI is InChI=1S/C15H21N5O3/c1-4-12-11(7-16-20(12)8-10(2)3)15(23)17-13-5-6-19(18-13)9-14(21)22/h5-7,10H,4,8-9H2,1-3H3,(H,21,22)(H,17,18,23). The zero-order valence-corrected chi connectivity index (χ0v) is 13.5. The van der Waals surface area contributed by atoms with E-state index < -0.39 is 5.97 Å². The smallest absolute Gasteiger partial charge is 0.325 e. The van der Waals surface area contributed by atoms with Crippen molar-refractivity contribution in [3.63, 3.8) is 0 Å². The van der Waals surface area contributed by atoms with Gasteiger partial charge in [-0.2, -0.15) is 10.2 Å². The van der Waals surface area contributed by atoms with Crippen LogP contribution in [-0.4, -0.2) is 36.5 Å². The third-order valence-corrected chi connectivity index (χ3v) is 3.25. The van der Waals surface area contributed by atoms with Crippen molar-refractivity contribution >= 4 is 17.7 Å². The lowest BCUT2D eigenvalue weighted by atomic mass is 10.1. The normalized spacial score (nSPS) is 11.0. The van der Waals surface area contributed by atoms with Crippen molar-refractivity contribution in [2.24, 2.45) is 5.92 Å². The van der Waals surface area contributed by atoms with Gasteiger partial charge in [0.05, 0.1) is 17.5 Å². The summed E-state index contributed by atoms with van der Waals surface area (Å²) < 4.78 is 3.10. The fourth-order valence-electron chi connectivity index (χ4n) is 2.32. The average molecular weight is 319 g/mol. The van der Waals surface area contributed by atoms with Crippen LogP contribution in [0.15, 0.2) is 18.5 Å². The van der Waals surface area contributed by atoms with Gasteiger partial charge in [0.2, 0.25) is 0 Å². The van der Waals surface area contributed by atoms with Gasteiger partial charge in [-0.25, -0.2) is 0 Å². The zero-order valence-electron chi connectivity index (χ0n) is 13.5. The monoisotopic (exact) mass is 319 g/mol. The molecule has 2 rings (SSSR count). The number of carbonyl (C=O) groups excluding carboxylic acids is 1. The second kappa shape index (κ2) is 7.08. The molecule has 2 N–H and O–H groups in total. The van der Waals surface area contributed by atoms with E-state index in [-0.39, 0.29) is 12.5 Å². The van der Waals surface area contributed by atoms with Gasteiger partial charge in [0.1, 0.15) is 6.54 Å². The Balaban J connectivity index is 2.13. The Hall–Kier alpha value is -2.64. The molecule has 0 unspecified atom stereocenters. The second-order valence-electron chi connectivity index (χ2n) is 5.68. The van der Waals surface area contributed by atoms with Crippen LogP contribution < -0.4 is 5.32 Å². The quantitative estimate of drug-likeness (QED) is 0.807. The summed E-state index contributed by atoms with van der Waals surface area (Å²) in [6, 6.07) is 1.56. The molecule has 0 saturated carbocycles. The van der Waals surface area contributed by atoms with Gasteiger partial charge in [0, 0.05) is 18.8 Å². The number of nitrogens with zero attached hydrogens (tertiary/aromatic N) is 4. The topological polar surface area (TPSA) is 102 Å². The molecule has 0 aliphatic heterocycles. The van der Waals surface area contributed by atoms with E-state index in [1.807, 2.05) is 11.6 Å². The molecule has 124 valence electrons. The number of anilines is 1. The Morgan fingerprint density at radius 2 is 2.13 bits per heavy atom. The van der Waals surface area contributed by atoms with Gasteiger partial charge < -0.3 is 10.4 Å². The number of carbonyl (C=O) groups is 2. The predicted octanol–water partition coefficient (Wildman–Crippen LogP) is 1.63. The summed E-state index contributed by atoms with van der Waals surface area (Å²) in [6.45, 7) is 6.67. The first-order valence-electron chi connectivity index (χ1n) is 7.52. The highest BCUT2D eigenvalue weighted by Gasteiger charge is 2.17. The SMILES string of the molecule is CCc1c(C(=O)Nc2ccn(CC(=O)O)n2)cnn1CC(C)C. The van der Waals surface area contributed by atoms with Crippen LogP contribution in [0.25, 0.3) is 0 Å². The van der Waals surface area contributed by atoms with Crippen molar-refractivity contribution in [2.75, 3.05) is 5.32 Å². The number of amides is 1. The van der Waals surface area contributed by atoms with Crippen molar-refractivity contribution in [1.82, 2.24) is 19.6 Å². The molecule has 8 heteroatoms. The maximum Gasteiger partial charge on any atom is 0.325 e. The molecule has 2 heterocycles. The summed E-state index contributed by atoms with van der Waals surface area (Å²) in [4.78, 5) is 23.0. The minimum atomic E-state index is -0.991. The molecule has 2 aromatic rings. The van der Waals surface area contributed by atoms with Crippen LogP contribution in [0.3, 0.4) is 0 Å². The van der Waals surface area contributed by atoms with Crippen molar-refractivity contribution in [2.45, 2.75) is 40.3 Å². The molecule has 2 aromatic heterocycles. The number of hydrogen-bond acceptors (Lipinski definition) is 4. The van der Waals surface area contributed by atoms with Crippen LogP contribution in [-0.2, 0) is 24.3 Å². The number of rotatable bonds is 7. The largest absolute Gasteiger partial charge is 0.480 e. The Kier molecular flexibility index (Phi) is 5.15. The Morgan fingerprint density at radius 3 is 2.74 bits per heavy atom. The van der Waals surface area contributed by atoms with Gasteiger partial charge in [-0.3, -0.25) is 19.0 Å². The average Bonchev–Trinajstić information content (AvgIpc) is 3.04. The van der Waals surface area contributed by atoms with Crippen LogP contribution in [0.2, 0.25) is 0 Å². The van der Waals surface area contributed by atoms with Crippen LogP contribution in [0.4, 0.5) is 5.82 Å². The zero-order chi connectivity index (χ0) is 17.0. The minimum Gasteiger partial charge on any atom is -0.480 e. The minimum absolute atomic E-state index is 0.248. The lowest BCUT2D eigenvalue weighted by molar-refractivity contribution is -0.137. The molecule has 0 radical (unpaired) electrons. The highest BCUT2D eigenvalue weighted by Crippen LogP contribution is 2.14. The third kappa shape index (κ3) is 4.18. The number of carboxylic acid groups (broad SMARTS) is 1. The molecular weight excluding hydrogens is 298 g/mol. The predicted molar refractivity (Wildman–Crippen MR) is 84.3 cm³/mol. The molecule has 0 aromatic carbocycles. The third-order valence-electron chi connectivity index (χ3n) is 3.25. The number of nitrogens with one attached hydrogen (secondary N) is 1. The molecule has 0 spiro atoms. The number of hydrogen-bond donors (Lipinski definition) is 2. The summed E-state index contributed by atoms with van der Waals surface area (Å²) >= 11 is 0. The summed E-state index contributed by atoms with van der Waals surface area (Å²) in [5.74, 6) is -0.538. The van der Waals surface area contributed by atoms with Crippen LogP contribution >= 0.6 is 0 Å². The molecule has 1 amide bonds. The molecule has 23 heavy (non-hydrogen) atoms. The van der Waals surface area contributed by atoms with Gasteiger partial charge in [-0.15, -0.1) is 0 Å². The summed E-state index contributed by atoms with van der Waals surface area (Å²) in [6.07, 6.45) is 3.76. The van der Waals surface area contributed by atoms with E-state index in [1.54, 1.807) is 12.3 Å². The lowest BCUT2D eigenvalue weighted by Crippen LogP contribution is -2.16.